The predicted molar refractivity (Wildman–Crippen MR) is 124 cm³/mol. The summed E-state index contributed by atoms with van der Waals surface area (Å²) in [6.07, 6.45) is 4.41. The van der Waals surface area contributed by atoms with Crippen LogP contribution in [0.15, 0.2) is 59.9 Å². The van der Waals surface area contributed by atoms with Gasteiger partial charge in [0.2, 0.25) is 0 Å². The molecule has 1 aromatic heterocycles. The number of fused-ring (bicyclic) bond motifs is 1. The van der Waals surface area contributed by atoms with Crippen LogP contribution in [0.25, 0.3) is 10.1 Å². The number of likely N-dealkylation sites (tertiary alicyclic amines) is 1. The highest BCUT2D eigenvalue weighted by Crippen LogP contribution is 2.40. The van der Waals surface area contributed by atoms with Crippen molar-refractivity contribution < 1.29 is 14.3 Å². The number of carbonyl (C=O) groups excluding carboxylic acids is 2. The number of nitrogen functional groups attached to an aromatic ring is 1. The molecule has 0 radical (unpaired) electrons. The maximum Gasteiger partial charge on any atom is 0.170 e. The molecule has 2 aromatic rings. The van der Waals surface area contributed by atoms with Gasteiger partial charge < -0.3 is 15.4 Å². The maximum absolute atomic E-state index is 12.2. The number of allylic oxidation sites excluding steroid dienone is 3. The Morgan fingerprint density at radius 3 is 2.60 bits per heavy atom. The first-order valence-electron chi connectivity index (χ1n) is 9.64. The Kier molecular flexibility index (Phi) is 6.81. The van der Waals surface area contributed by atoms with Crippen molar-refractivity contribution in [2.24, 2.45) is 0 Å². The monoisotopic (exact) mass is 444 g/mol. The summed E-state index contributed by atoms with van der Waals surface area (Å²) in [5, 5.41) is 1.83. The number of ether oxygens (including phenoxy) is 1. The molecule has 2 aliphatic rings. The zero-order valence-corrected chi connectivity index (χ0v) is 18.5. The fourth-order valence-corrected chi connectivity index (χ4v) is 4.82. The van der Waals surface area contributed by atoms with Gasteiger partial charge in [0.1, 0.15) is 11.4 Å². The van der Waals surface area contributed by atoms with E-state index >= 15 is 0 Å². The van der Waals surface area contributed by atoms with Gasteiger partial charge in [0, 0.05) is 36.0 Å². The number of hydrogen-bond donors (Lipinski definition) is 1. The second kappa shape index (κ2) is 9.16. The first kappa shape index (κ1) is 22.3. The average Bonchev–Trinajstić information content (AvgIpc) is 3.05. The summed E-state index contributed by atoms with van der Waals surface area (Å²) < 4.78 is 7.09. The topological polar surface area (TPSA) is 72.6 Å². The number of carbonyl (C=O) groups is 2. The van der Waals surface area contributed by atoms with Crippen LogP contribution in [0.5, 0.6) is 0 Å². The van der Waals surface area contributed by atoms with Crippen molar-refractivity contribution in [1.29, 1.82) is 0 Å². The molecule has 4 rings (SSSR count). The normalized spacial score (nSPS) is 18.5. The van der Waals surface area contributed by atoms with E-state index in [1.807, 2.05) is 24.3 Å². The van der Waals surface area contributed by atoms with Crippen LogP contribution in [-0.4, -0.2) is 42.7 Å². The molecule has 1 aromatic carbocycles. The Bertz CT molecular complexity index is 1030. The summed E-state index contributed by atoms with van der Waals surface area (Å²) in [5.74, 6) is 0.463. The van der Waals surface area contributed by atoms with Gasteiger partial charge in [0.25, 0.3) is 0 Å². The van der Waals surface area contributed by atoms with E-state index in [4.69, 9.17) is 22.1 Å². The van der Waals surface area contributed by atoms with Gasteiger partial charge in [-0.2, -0.15) is 0 Å². The third kappa shape index (κ3) is 4.51. The summed E-state index contributed by atoms with van der Waals surface area (Å²) in [6.45, 7) is 9.18. The third-order valence-electron chi connectivity index (χ3n) is 5.48. The van der Waals surface area contributed by atoms with Crippen LogP contribution < -0.4 is 5.73 Å². The van der Waals surface area contributed by atoms with E-state index in [1.54, 1.807) is 0 Å². The molecule has 1 fully saturated rings. The first-order chi connectivity index (χ1) is 14.3. The number of nitrogens with two attached hydrogens (primary N) is 1. The largest absolute Gasteiger partial charge is 0.484 e. The standard InChI is InChI=1S/C14H18ClNO2.C9H7NOS/c1-4-11-12(17)9-14(18-13(11)10(2)15)5-7-16(3)8-6-14;10-9-7(5-11)6-3-1-2-4-8(6)12-9/h4H,1-2,5-9H2,3H3;1-5H,10H2. The molecule has 0 aliphatic carbocycles. The molecule has 0 bridgehead atoms. The van der Waals surface area contributed by atoms with Crippen LogP contribution in [0.1, 0.15) is 29.6 Å². The lowest BCUT2D eigenvalue weighted by atomic mass is 9.82. The van der Waals surface area contributed by atoms with E-state index in [1.165, 1.54) is 17.4 Å². The molecule has 7 heteroatoms. The van der Waals surface area contributed by atoms with Gasteiger partial charge in [-0.1, -0.05) is 49.0 Å². The van der Waals surface area contributed by atoms with Crippen LogP contribution >= 0.6 is 22.9 Å². The zero-order chi connectivity index (χ0) is 21.9. The fourth-order valence-electron chi connectivity index (χ4n) is 3.74. The highest BCUT2D eigenvalue weighted by atomic mass is 35.5. The van der Waals surface area contributed by atoms with Crippen LogP contribution in [0.3, 0.4) is 0 Å². The van der Waals surface area contributed by atoms with Gasteiger partial charge in [0.05, 0.1) is 27.6 Å². The maximum atomic E-state index is 12.2. The Labute approximate surface area is 185 Å². The summed E-state index contributed by atoms with van der Waals surface area (Å²) in [6, 6.07) is 7.71. The number of rotatable bonds is 3. The van der Waals surface area contributed by atoms with Gasteiger partial charge in [0.15, 0.2) is 12.1 Å². The molecule has 2 aliphatic heterocycles. The minimum Gasteiger partial charge on any atom is -0.484 e. The minimum absolute atomic E-state index is 0.0533. The van der Waals surface area contributed by atoms with Crippen molar-refractivity contribution in [3.63, 3.8) is 0 Å². The third-order valence-corrected chi connectivity index (χ3v) is 6.66. The number of thiophene rings is 1. The second-order valence-electron chi connectivity index (χ2n) is 7.53. The zero-order valence-electron chi connectivity index (χ0n) is 16.9. The van der Waals surface area contributed by atoms with Gasteiger partial charge in [-0.25, -0.2) is 0 Å². The molecule has 0 unspecified atom stereocenters. The lowest BCUT2D eigenvalue weighted by molar-refractivity contribution is -0.128. The van der Waals surface area contributed by atoms with Gasteiger partial charge in [-0.3, -0.25) is 9.59 Å². The van der Waals surface area contributed by atoms with E-state index in [0.29, 0.717) is 28.3 Å². The predicted octanol–water partition coefficient (Wildman–Crippen LogP) is 4.93. The number of aldehydes is 1. The molecular weight excluding hydrogens is 420 g/mol. The molecule has 1 saturated heterocycles. The van der Waals surface area contributed by atoms with Crippen molar-refractivity contribution in [2.45, 2.75) is 24.9 Å². The Balaban J connectivity index is 0.000000184. The number of hydrogen-bond acceptors (Lipinski definition) is 6. The van der Waals surface area contributed by atoms with Crippen LogP contribution in [0.2, 0.25) is 0 Å². The molecule has 158 valence electrons. The molecule has 0 amide bonds. The van der Waals surface area contributed by atoms with Gasteiger partial charge in [-0.15, -0.1) is 11.3 Å². The Hall–Kier alpha value is -2.41. The molecule has 3 heterocycles. The number of ketones is 1. The highest BCUT2D eigenvalue weighted by Gasteiger charge is 2.43. The number of piperidine rings is 1. The second-order valence-corrected chi connectivity index (χ2v) is 9.07. The molecule has 2 N–H and O–H groups in total. The minimum atomic E-state index is -0.400. The molecule has 30 heavy (non-hydrogen) atoms. The smallest absolute Gasteiger partial charge is 0.170 e. The lowest BCUT2D eigenvalue weighted by Crippen LogP contribution is -2.48. The molecule has 1 spiro atoms. The quantitative estimate of drug-likeness (QED) is 0.679. The lowest BCUT2D eigenvalue weighted by Gasteiger charge is -2.43. The van der Waals surface area contributed by atoms with Crippen LogP contribution in [0.4, 0.5) is 5.00 Å². The van der Waals surface area contributed by atoms with Crippen molar-refractivity contribution >= 4 is 50.1 Å². The molecule has 0 atom stereocenters. The number of nitrogens with zero attached hydrogens (tertiary/aromatic N) is 1. The number of anilines is 1. The first-order valence-corrected chi connectivity index (χ1v) is 10.8. The summed E-state index contributed by atoms with van der Waals surface area (Å²) in [4.78, 5) is 25.0. The van der Waals surface area contributed by atoms with Crippen LogP contribution in [-0.2, 0) is 9.53 Å². The number of Topliss-reactive ketones (excluding diaryl/α,β-unsaturated/α-hetero) is 1. The Morgan fingerprint density at radius 1 is 1.33 bits per heavy atom. The van der Waals surface area contributed by atoms with E-state index in [0.717, 1.165) is 42.3 Å². The van der Waals surface area contributed by atoms with E-state index in [-0.39, 0.29) is 10.8 Å². The van der Waals surface area contributed by atoms with Crippen molar-refractivity contribution in [3.8, 4) is 0 Å². The summed E-state index contributed by atoms with van der Waals surface area (Å²) >= 11 is 7.39. The summed E-state index contributed by atoms with van der Waals surface area (Å²) in [5.41, 5.74) is 6.33. The average molecular weight is 445 g/mol. The molecule has 5 nitrogen and oxygen atoms in total. The molecular formula is C23H25ClN2O3S. The van der Waals surface area contributed by atoms with Crippen LogP contribution in [0, 0.1) is 0 Å². The van der Waals surface area contributed by atoms with Gasteiger partial charge >= 0.3 is 0 Å². The van der Waals surface area contributed by atoms with Gasteiger partial charge in [-0.05, 0) is 13.1 Å². The SMILES string of the molecule is C=CC1=C(C(=C)Cl)OC2(CCN(C)CC2)CC1=O.Nc1sc2ccccc2c1C=O. The number of halogens is 1. The fraction of sp³-hybridized carbons (Fsp3) is 0.304. The van der Waals surface area contributed by atoms with Crippen molar-refractivity contribution in [2.75, 3.05) is 25.9 Å². The Morgan fingerprint density at radius 2 is 2.00 bits per heavy atom. The summed E-state index contributed by atoms with van der Waals surface area (Å²) in [7, 11) is 2.07. The van der Waals surface area contributed by atoms with Crippen molar-refractivity contribution in [1.82, 2.24) is 4.90 Å². The molecule has 0 saturated carbocycles. The van der Waals surface area contributed by atoms with Crippen molar-refractivity contribution in [3.05, 3.63) is 65.4 Å². The van der Waals surface area contributed by atoms with E-state index < -0.39 is 5.60 Å². The van der Waals surface area contributed by atoms with E-state index in [9.17, 15) is 9.59 Å². The highest BCUT2D eigenvalue weighted by molar-refractivity contribution is 7.23. The number of benzene rings is 1. The van der Waals surface area contributed by atoms with E-state index in [2.05, 4.69) is 25.1 Å².